The van der Waals surface area contributed by atoms with Crippen molar-refractivity contribution in [2.24, 2.45) is 11.8 Å². The summed E-state index contributed by atoms with van der Waals surface area (Å²) < 4.78 is 0. The molecule has 5 nitrogen and oxygen atoms in total. The second kappa shape index (κ2) is 14.4. The Morgan fingerprint density at radius 3 is 2.46 bits per heavy atom. The molecule has 0 saturated carbocycles. The summed E-state index contributed by atoms with van der Waals surface area (Å²) in [7, 11) is 2.17. The third kappa shape index (κ3) is 9.64. The van der Waals surface area contributed by atoms with E-state index in [0.717, 1.165) is 52.4 Å². The highest BCUT2D eigenvalue weighted by Crippen LogP contribution is 2.22. The fourth-order valence-corrected chi connectivity index (χ4v) is 3.32. The maximum Gasteiger partial charge on any atom is 0.220 e. The lowest BCUT2D eigenvalue weighted by atomic mass is 9.85. The van der Waals surface area contributed by atoms with E-state index >= 15 is 0 Å². The summed E-state index contributed by atoms with van der Waals surface area (Å²) in [4.78, 5) is 16.8. The number of halogens is 3. The van der Waals surface area contributed by atoms with E-state index in [9.17, 15) is 4.79 Å². The minimum Gasteiger partial charge on any atom is -0.355 e. The molecule has 0 bridgehead atoms. The number of rotatable bonds is 6. The molecule has 0 aromatic rings. The van der Waals surface area contributed by atoms with Crippen molar-refractivity contribution in [1.29, 1.82) is 0 Å². The van der Waals surface area contributed by atoms with Crippen LogP contribution in [0.25, 0.3) is 0 Å². The van der Waals surface area contributed by atoms with Crippen LogP contribution in [0.1, 0.15) is 26.2 Å². The molecule has 2 rings (SSSR count). The van der Waals surface area contributed by atoms with Crippen LogP contribution >= 0.6 is 37.2 Å². The van der Waals surface area contributed by atoms with E-state index in [2.05, 4.69) is 34.4 Å². The van der Waals surface area contributed by atoms with Gasteiger partial charge in [-0.25, -0.2) is 0 Å². The van der Waals surface area contributed by atoms with Gasteiger partial charge in [-0.3, -0.25) is 9.69 Å². The van der Waals surface area contributed by atoms with Gasteiger partial charge < -0.3 is 15.5 Å². The summed E-state index contributed by atoms with van der Waals surface area (Å²) in [5, 5.41) is 6.53. The molecule has 2 unspecified atom stereocenters. The van der Waals surface area contributed by atoms with Gasteiger partial charge in [-0.1, -0.05) is 6.92 Å². The molecule has 0 aromatic carbocycles. The summed E-state index contributed by atoms with van der Waals surface area (Å²) in [6.45, 7) is 10.7. The molecule has 2 aliphatic rings. The minimum absolute atomic E-state index is 0. The molecule has 8 heteroatoms. The summed E-state index contributed by atoms with van der Waals surface area (Å²) in [6.07, 6.45) is 3.19. The summed E-state index contributed by atoms with van der Waals surface area (Å²) in [5.41, 5.74) is 0. The first-order valence-electron chi connectivity index (χ1n) is 8.53. The number of carbonyl (C=O) groups excluding carboxylic acids is 1. The lowest BCUT2D eigenvalue weighted by molar-refractivity contribution is -0.122. The highest BCUT2D eigenvalue weighted by atomic mass is 35.5. The topological polar surface area (TPSA) is 47.6 Å². The number of piperazine rings is 1. The lowest BCUT2D eigenvalue weighted by Gasteiger charge is -2.32. The molecule has 2 N–H and O–H groups in total. The van der Waals surface area contributed by atoms with Gasteiger partial charge in [-0.05, 0) is 44.8 Å². The van der Waals surface area contributed by atoms with E-state index < -0.39 is 0 Å². The van der Waals surface area contributed by atoms with Crippen LogP contribution in [0.15, 0.2) is 0 Å². The number of carbonyl (C=O) groups is 1. The number of nitrogens with one attached hydrogen (secondary N) is 2. The highest BCUT2D eigenvalue weighted by molar-refractivity contribution is 5.86. The van der Waals surface area contributed by atoms with Crippen LogP contribution in [0.4, 0.5) is 0 Å². The average molecular weight is 406 g/mol. The Kier molecular flexibility index (Phi) is 15.9. The molecule has 2 heterocycles. The highest BCUT2D eigenvalue weighted by Gasteiger charge is 2.22. The Hall–Kier alpha value is 0.220. The van der Waals surface area contributed by atoms with E-state index in [-0.39, 0.29) is 43.1 Å². The number of nitrogens with zero attached hydrogens (tertiary/aromatic N) is 2. The third-order valence-electron chi connectivity index (χ3n) is 4.99. The Morgan fingerprint density at radius 1 is 1.21 bits per heavy atom. The minimum atomic E-state index is 0. The molecule has 2 atom stereocenters. The van der Waals surface area contributed by atoms with Crippen LogP contribution in [0.2, 0.25) is 0 Å². The van der Waals surface area contributed by atoms with Crippen molar-refractivity contribution in [2.75, 3.05) is 59.4 Å². The lowest BCUT2D eigenvalue weighted by Crippen LogP contribution is -2.47. The number of amides is 1. The van der Waals surface area contributed by atoms with Crippen molar-refractivity contribution < 1.29 is 4.79 Å². The van der Waals surface area contributed by atoms with Crippen LogP contribution in [-0.2, 0) is 4.79 Å². The van der Waals surface area contributed by atoms with Crippen molar-refractivity contribution in [2.45, 2.75) is 26.2 Å². The number of likely N-dealkylation sites (N-methyl/N-ethyl adjacent to an activating group) is 1. The van der Waals surface area contributed by atoms with E-state index in [1.165, 1.54) is 12.8 Å². The summed E-state index contributed by atoms with van der Waals surface area (Å²) in [5.74, 6) is 1.38. The molecule has 0 aromatic heterocycles. The normalized spacial score (nSPS) is 23.2. The molecule has 2 aliphatic heterocycles. The van der Waals surface area contributed by atoms with E-state index in [4.69, 9.17) is 0 Å². The zero-order valence-electron chi connectivity index (χ0n) is 15.0. The summed E-state index contributed by atoms with van der Waals surface area (Å²) >= 11 is 0. The van der Waals surface area contributed by atoms with Crippen LogP contribution in [-0.4, -0.2) is 75.1 Å². The quantitative estimate of drug-likeness (QED) is 0.705. The van der Waals surface area contributed by atoms with Gasteiger partial charge in [-0.15, -0.1) is 37.2 Å². The smallest absolute Gasteiger partial charge is 0.220 e. The fourth-order valence-electron chi connectivity index (χ4n) is 3.32. The van der Waals surface area contributed by atoms with Crippen molar-refractivity contribution in [3.05, 3.63) is 0 Å². The van der Waals surface area contributed by atoms with E-state index in [0.29, 0.717) is 18.3 Å². The largest absolute Gasteiger partial charge is 0.355 e. The van der Waals surface area contributed by atoms with Crippen LogP contribution in [0.5, 0.6) is 0 Å². The summed E-state index contributed by atoms with van der Waals surface area (Å²) in [6, 6.07) is 0. The molecule has 2 saturated heterocycles. The first kappa shape index (κ1) is 26.4. The van der Waals surface area contributed by atoms with E-state index in [1.807, 2.05) is 0 Å². The first-order chi connectivity index (χ1) is 10.1. The van der Waals surface area contributed by atoms with Crippen LogP contribution < -0.4 is 10.6 Å². The molecule has 0 spiro atoms. The number of hydrogen-bond acceptors (Lipinski definition) is 4. The molecule has 24 heavy (non-hydrogen) atoms. The van der Waals surface area contributed by atoms with Gasteiger partial charge >= 0.3 is 0 Å². The molecule has 0 aliphatic carbocycles. The second-order valence-corrected chi connectivity index (χ2v) is 6.78. The maximum atomic E-state index is 12.0. The Morgan fingerprint density at radius 2 is 1.88 bits per heavy atom. The average Bonchev–Trinajstić information content (AvgIpc) is 2.50. The van der Waals surface area contributed by atoms with Gasteiger partial charge in [0.2, 0.25) is 5.91 Å². The van der Waals surface area contributed by atoms with Crippen molar-refractivity contribution in [3.63, 3.8) is 0 Å². The van der Waals surface area contributed by atoms with Gasteiger partial charge in [0.05, 0.1) is 0 Å². The molecular weight excluding hydrogens is 371 g/mol. The van der Waals surface area contributed by atoms with Gasteiger partial charge in [0.25, 0.3) is 0 Å². The van der Waals surface area contributed by atoms with Gasteiger partial charge in [0.15, 0.2) is 0 Å². The molecule has 0 radical (unpaired) electrons. The third-order valence-corrected chi connectivity index (χ3v) is 4.99. The Labute approximate surface area is 165 Å². The Balaban J connectivity index is 0. The van der Waals surface area contributed by atoms with Gasteiger partial charge in [0.1, 0.15) is 0 Å². The second-order valence-electron chi connectivity index (χ2n) is 6.78. The number of hydrogen-bond donors (Lipinski definition) is 2. The van der Waals surface area contributed by atoms with Gasteiger partial charge in [-0.2, -0.15) is 0 Å². The van der Waals surface area contributed by atoms with Crippen molar-refractivity contribution in [3.8, 4) is 0 Å². The van der Waals surface area contributed by atoms with E-state index in [1.54, 1.807) is 0 Å². The molecular formula is C16H35Cl3N4O. The first-order valence-corrected chi connectivity index (χ1v) is 8.53. The fraction of sp³-hybridized carbons (Fsp3) is 0.938. The molecule has 1 amide bonds. The zero-order chi connectivity index (χ0) is 15.1. The van der Waals surface area contributed by atoms with Crippen molar-refractivity contribution >= 4 is 43.1 Å². The Bertz CT molecular complexity index is 322. The predicted octanol–water partition coefficient (Wildman–Crippen LogP) is 1.64. The predicted molar refractivity (Wildman–Crippen MR) is 108 cm³/mol. The maximum absolute atomic E-state index is 12.0. The van der Waals surface area contributed by atoms with Crippen LogP contribution in [0, 0.1) is 11.8 Å². The number of piperidine rings is 1. The van der Waals surface area contributed by atoms with Gasteiger partial charge in [0, 0.05) is 45.7 Å². The monoisotopic (exact) mass is 404 g/mol. The zero-order valence-corrected chi connectivity index (χ0v) is 17.4. The molecule has 2 fully saturated rings. The van der Waals surface area contributed by atoms with Crippen molar-refractivity contribution in [1.82, 2.24) is 20.4 Å². The van der Waals surface area contributed by atoms with Crippen LogP contribution in [0.3, 0.4) is 0 Å². The molecule has 146 valence electrons. The standard InChI is InChI=1S/C16H32N4O.3ClH/c1-14(15-4-3-5-17-13-15)12-16(21)18-6-7-20-10-8-19(2)9-11-20;;;/h14-15,17H,3-13H2,1-2H3,(H,18,21);3*1H. The SMILES string of the molecule is CC(CC(=O)NCCN1CCN(C)CC1)C1CCCNC1.Cl.Cl.Cl.